The fraction of sp³-hybridized carbons (Fsp3) is 0.609. The van der Waals surface area contributed by atoms with Crippen LogP contribution in [-0.4, -0.2) is 66.3 Å². The number of benzene rings is 1. The van der Waals surface area contributed by atoms with Gasteiger partial charge >= 0.3 is 0 Å². The molecule has 3 heterocycles. The normalized spacial score (nSPS) is 30.9. The number of carbonyl (C=O) groups is 1. The summed E-state index contributed by atoms with van der Waals surface area (Å²) >= 11 is 0. The van der Waals surface area contributed by atoms with Gasteiger partial charge in [0, 0.05) is 25.1 Å². The molecule has 29 heavy (non-hydrogen) atoms. The number of nitrogens with zero attached hydrogens (tertiary/aromatic N) is 2. The number of hydrogen-bond acceptors (Lipinski definition) is 5. The number of piperidine rings is 1. The molecule has 0 aromatic heterocycles. The van der Waals surface area contributed by atoms with Crippen molar-refractivity contribution < 1.29 is 19.4 Å². The van der Waals surface area contributed by atoms with Crippen molar-refractivity contribution in [1.29, 1.82) is 0 Å². The second-order valence-electron chi connectivity index (χ2n) is 8.84. The molecule has 6 nitrogen and oxygen atoms in total. The molecular weight excluding hydrogens is 368 g/mol. The van der Waals surface area contributed by atoms with Gasteiger partial charge in [-0.15, -0.1) is 0 Å². The van der Waals surface area contributed by atoms with Gasteiger partial charge in [0.15, 0.2) is 11.5 Å². The summed E-state index contributed by atoms with van der Waals surface area (Å²) in [4.78, 5) is 17.4. The summed E-state index contributed by atoms with van der Waals surface area (Å²) in [6, 6.07) is 4.02. The van der Waals surface area contributed by atoms with E-state index in [-0.39, 0.29) is 17.4 Å². The topological polar surface area (TPSA) is 62.2 Å². The predicted molar refractivity (Wildman–Crippen MR) is 109 cm³/mol. The molecule has 3 atom stereocenters. The van der Waals surface area contributed by atoms with E-state index < -0.39 is 6.10 Å². The minimum Gasteiger partial charge on any atom is -0.493 e. The van der Waals surface area contributed by atoms with Crippen LogP contribution >= 0.6 is 0 Å². The third-order valence-corrected chi connectivity index (χ3v) is 7.12. The quantitative estimate of drug-likeness (QED) is 0.792. The Labute approximate surface area is 172 Å². The Bertz CT molecular complexity index is 832. The molecule has 1 aliphatic carbocycles. The minimum absolute atomic E-state index is 0.121. The van der Waals surface area contributed by atoms with Crippen LogP contribution in [0.2, 0.25) is 0 Å². The monoisotopic (exact) mass is 398 g/mol. The lowest BCUT2D eigenvalue weighted by Crippen LogP contribution is -2.45. The molecular formula is C23H30N2O4. The summed E-state index contributed by atoms with van der Waals surface area (Å²) in [5, 5.41) is 10.2. The van der Waals surface area contributed by atoms with Gasteiger partial charge in [0.1, 0.15) is 6.10 Å². The van der Waals surface area contributed by atoms with E-state index in [1.165, 1.54) is 19.3 Å². The zero-order valence-electron chi connectivity index (χ0n) is 17.1. The van der Waals surface area contributed by atoms with Gasteiger partial charge in [-0.1, -0.05) is 24.6 Å². The highest BCUT2D eigenvalue weighted by Gasteiger charge is 2.53. The number of aliphatic hydroxyl groups is 1. The van der Waals surface area contributed by atoms with Gasteiger partial charge < -0.3 is 19.5 Å². The van der Waals surface area contributed by atoms with Gasteiger partial charge in [-0.3, -0.25) is 9.69 Å². The van der Waals surface area contributed by atoms with Gasteiger partial charge in [-0.05, 0) is 44.0 Å². The molecule has 156 valence electrons. The maximum atomic E-state index is 13.1. The molecule has 1 fully saturated rings. The lowest BCUT2D eigenvalue weighted by atomic mass is 9.69. The lowest BCUT2D eigenvalue weighted by Gasteiger charge is -2.36. The molecule has 0 unspecified atom stereocenters. The fourth-order valence-electron chi connectivity index (χ4n) is 5.56. The Morgan fingerprint density at radius 2 is 2.10 bits per heavy atom. The molecule has 3 aliphatic heterocycles. The van der Waals surface area contributed by atoms with Crippen LogP contribution in [0.15, 0.2) is 24.3 Å². The Kier molecular flexibility index (Phi) is 4.79. The molecule has 1 aromatic rings. The van der Waals surface area contributed by atoms with Gasteiger partial charge in [0.25, 0.3) is 0 Å². The van der Waals surface area contributed by atoms with Crippen LogP contribution in [0.25, 0.3) is 0 Å². The first-order valence-corrected chi connectivity index (χ1v) is 10.9. The van der Waals surface area contributed by atoms with Crippen LogP contribution in [0.5, 0.6) is 11.5 Å². The predicted octanol–water partition coefficient (Wildman–Crippen LogP) is 2.23. The van der Waals surface area contributed by atoms with Crippen LogP contribution in [-0.2, 0) is 16.8 Å². The van der Waals surface area contributed by atoms with E-state index in [0.717, 1.165) is 42.1 Å². The summed E-state index contributed by atoms with van der Waals surface area (Å²) in [7, 11) is 1.66. The van der Waals surface area contributed by atoms with Crippen molar-refractivity contribution in [1.82, 2.24) is 9.80 Å². The molecule has 5 rings (SSSR count). The number of aliphatic hydroxyl groups excluding tert-OH is 1. The molecule has 1 saturated heterocycles. The zero-order chi connectivity index (χ0) is 20.0. The third kappa shape index (κ3) is 3.13. The summed E-state index contributed by atoms with van der Waals surface area (Å²) in [5.74, 6) is 1.73. The number of amides is 1. The zero-order valence-corrected chi connectivity index (χ0v) is 17.1. The highest BCUT2D eigenvalue weighted by Crippen LogP contribution is 2.55. The van der Waals surface area contributed by atoms with Crippen LogP contribution < -0.4 is 9.47 Å². The summed E-state index contributed by atoms with van der Waals surface area (Å²) in [5.41, 5.74) is 1.99. The van der Waals surface area contributed by atoms with Gasteiger partial charge in [-0.25, -0.2) is 0 Å². The number of likely N-dealkylation sites (tertiary alicyclic amines) is 1. The molecule has 0 radical (unpaired) electrons. The van der Waals surface area contributed by atoms with Gasteiger partial charge in [0.05, 0.1) is 25.2 Å². The Morgan fingerprint density at radius 1 is 1.28 bits per heavy atom. The molecule has 4 aliphatic rings. The van der Waals surface area contributed by atoms with E-state index >= 15 is 0 Å². The minimum atomic E-state index is -0.491. The maximum absolute atomic E-state index is 13.1. The van der Waals surface area contributed by atoms with Gasteiger partial charge in [-0.2, -0.15) is 0 Å². The molecule has 1 N–H and O–H groups in total. The van der Waals surface area contributed by atoms with Crippen molar-refractivity contribution in [3.05, 3.63) is 35.4 Å². The number of ether oxygens (including phenoxy) is 2. The van der Waals surface area contributed by atoms with Crippen molar-refractivity contribution in [2.75, 3.05) is 33.3 Å². The highest BCUT2D eigenvalue weighted by molar-refractivity contribution is 5.79. The first-order chi connectivity index (χ1) is 14.1. The smallest absolute Gasteiger partial charge is 0.237 e. The molecule has 1 spiro atoms. The van der Waals surface area contributed by atoms with Crippen LogP contribution in [0.1, 0.15) is 43.2 Å². The summed E-state index contributed by atoms with van der Waals surface area (Å²) in [6.07, 6.45) is 8.43. The Hall–Kier alpha value is -2.05. The standard InChI is InChI=1S/C23H30N2O4/c1-28-18-6-5-16-14-25(20(27)15-24-10-3-2-4-11-24)12-9-23-8-7-17(26)13-19(23)29-22(18)21(16)23/h5-8,17,19,26H,2-4,9-15H2,1H3/t17-,19-,23-/m0/s1. The van der Waals surface area contributed by atoms with E-state index in [2.05, 4.69) is 17.0 Å². The van der Waals surface area contributed by atoms with E-state index in [9.17, 15) is 9.90 Å². The Morgan fingerprint density at radius 3 is 2.90 bits per heavy atom. The SMILES string of the molecule is COc1ccc2c3c1O[C@H]1C[C@@H](O)C=C[C@@]31CCN(C(=O)CN1CCCCC1)C2. The maximum Gasteiger partial charge on any atom is 0.237 e. The molecule has 6 heteroatoms. The summed E-state index contributed by atoms with van der Waals surface area (Å²) < 4.78 is 11.9. The van der Waals surface area contributed by atoms with Crippen LogP contribution in [0.4, 0.5) is 0 Å². The number of rotatable bonds is 3. The van der Waals surface area contributed by atoms with Crippen molar-refractivity contribution in [2.24, 2.45) is 0 Å². The van der Waals surface area contributed by atoms with E-state index in [4.69, 9.17) is 9.47 Å². The van der Waals surface area contributed by atoms with Crippen LogP contribution in [0.3, 0.4) is 0 Å². The van der Waals surface area contributed by atoms with E-state index in [1.807, 2.05) is 17.0 Å². The van der Waals surface area contributed by atoms with Crippen molar-refractivity contribution in [2.45, 2.75) is 56.3 Å². The first-order valence-electron chi connectivity index (χ1n) is 10.9. The van der Waals surface area contributed by atoms with E-state index in [0.29, 0.717) is 26.1 Å². The van der Waals surface area contributed by atoms with E-state index in [1.54, 1.807) is 7.11 Å². The average Bonchev–Trinajstić information content (AvgIpc) is 2.96. The molecule has 1 amide bonds. The highest BCUT2D eigenvalue weighted by atomic mass is 16.5. The third-order valence-electron chi connectivity index (χ3n) is 7.12. The molecule has 0 saturated carbocycles. The fourth-order valence-corrected chi connectivity index (χ4v) is 5.56. The van der Waals surface area contributed by atoms with Crippen molar-refractivity contribution >= 4 is 5.91 Å². The number of methoxy groups -OCH3 is 1. The van der Waals surface area contributed by atoms with Crippen molar-refractivity contribution in [3.63, 3.8) is 0 Å². The molecule has 1 aromatic carbocycles. The number of hydrogen-bond donors (Lipinski definition) is 1. The first kappa shape index (κ1) is 18.9. The average molecular weight is 399 g/mol. The van der Waals surface area contributed by atoms with Crippen LogP contribution in [0, 0.1) is 0 Å². The summed E-state index contributed by atoms with van der Waals surface area (Å²) in [6.45, 7) is 3.87. The lowest BCUT2D eigenvalue weighted by molar-refractivity contribution is -0.133. The number of carbonyl (C=O) groups excluding carboxylic acids is 1. The van der Waals surface area contributed by atoms with Gasteiger partial charge in [0.2, 0.25) is 5.91 Å². The molecule has 0 bridgehead atoms. The largest absolute Gasteiger partial charge is 0.493 e. The second kappa shape index (κ2) is 7.33. The Balaban J connectivity index is 1.47. The van der Waals surface area contributed by atoms with Crippen molar-refractivity contribution in [3.8, 4) is 11.5 Å². The second-order valence-corrected chi connectivity index (χ2v) is 8.84.